The lowest BCUT2D eigenvalue weighted by molar-refractivity contribution is 0.136. The minimum absolute atomic E-state index is 0.864. The molecular formula is C23H37N7. The van der Waals surface area contributed by atoms with Gasteiger partial charge in [-0.15, -0.1) is 0 Å². The predicted octanol–water partition coefficient (Wildman–Crippen LogP) is 2.00. The van der Waals surface area contributed by atoms with E-state index in [2.05, 4.69) is 61.7 Å². The van der Waals surface area contributed by atoms with E-state index in [0.29, 0.717) is 0 Å². The minimum Gasteiger partial charge on any atom is -0.356 e. The van der Waals surface area contributed by atoms with E-state index in [-0.39, 0.29) is 0 Å². The van der Waals surface area contributed by atoms with Crippen LogP contribution in [0.25, 0.3) is 5.69 Å². The van der Waals surface area contributed by atoms with E-state index in [4.69, 9.17) is 0 Å². The lowest BCUT2D eigenvalue weighted by atomic mass is 10.1. The zero-order valence-corrected chi connectivity index (χ0v) is 18.6. The third kappa shape index (κ3) is 7.15. The Kier molecular flexibility index (Phi) is 9.18. The van der Waals surface area contributed by atoms with Gasteiger partial charge in [0, 0.05) is 58.7 Å². The number of aromatic nitrogens is 2. The summed E-state index contributed by atoms with van der Waals surface area (Å²) >= 11 is 0. The highest BCUT2D eigenvalue weighted by Crippen LogP contribution is 2.09. The summed E-state index contributed by atoms with van der Waals surface area (Å²) in [5.41, 5.74) is 2.39. The molecule has 1 aliphatic heterocycles. The minimum atomic E-state index is 0.864. The van der Waals surface area contributed by atoms with Gasteiger partial charge in [0.25, 0.3) is 0 Å². The quantitative estimate of drug-likeness (QED) is 0.356. The first-order chi connectivity index (χ1) is 14.8. The van der Waals surface area contributed by atoms with Gasteiger partial charge < -0.3 is 20.4 Å². The van der Waals surface area contributed by atoms with Crippen molar-refractivity contribution >= 4 is 5.96 Å². The van der Waals surface area contributed by atoms with Crippen LogP contribution in [0.4, 0.5) is 0 Å². The van der Waals surface area contributed by atoms with Crippen molar-refractivity contribution in [1.29, 1.82) is 0 Å². The Morgan fingerprint density at radius 2 is 1.73 bits per heavy atom. The third-order valence-electron chi connectivity index (χ3n) is 5.74. The second kappa shape index (κ2) is 12.3. The van der Waals surface area contributed by atoms with E-state index >= 15 is 0 Å². The standard InChI is InChI=1S/C23H37N7/c1-3-28-17-19-29(20-18-28)15-5-4-12-25-23(24-2)26-14-11-21-7-9-22(10-8-21)30-16-6-13-27-30/h6-10,13,16H,3-5,11-12,14-15,17-20H2,1-2H3,(H2,24,25,26). The first-order valence-corrected chi connectivity index (χ1v) is 11.3. The molecule has 164 valence electrons. The highest BCUT2D eigenvalue weighted by atomic mass is 15.3. The fourth-order valence-electron chi connectivity index (χ4n) is 3.78. The van der Waals surface area contributed by atoms with Gasteiger partial charge in [-0.05, 0) is 56.1 Å². The van der Waals surface area contributed by atoms with Crippen molar-refractivity contribution in [3.63, 3.8) is 0 Å². The predicted molar refractivity (Wildman–Crippen MR) is 124 cm³/mol. The summed E-state index contributed by atoms with van der Waals surface area (Å²) in [6.45, 7) is 11.3. The van der Waals surface area contributed by atoms with Crippen molar-refractivity contribution in [1.82, 2.24) is 30.2 Å². The topological polar surface area (TPSA) is 60.7 Å². The van der Waals surface area contributed by atoms with Crippen molar-refractivity contribution in [2.24, 2.45) is 4.99 Å². The maximum absolute atomic E-state index is 4.34. The molecule has 0 amide bonds. The number of nitrogens with one attached hydrogen (secondary N) is 2. The number of unbranched alkanes of at least 4 members (excludes halogenated alkanes) is 1. The summed E-state index contributed by atoms with van der Waals surface area (Å²) in [5, 5.41) is 11.1. The van der Waals surface area contributed by atoms with Crippen LogP contribution in [0, 0.1) is 0 Å². The molecule has 7 heteroatoms. The van der Waals surface area contributed by atoms with Gasteiger partial charge in [-0.25, -0.2) is 4.68 Å². The van der Waals surface area contributed by atoms with Crippen molar-refractivity contribution in [3.05, 3.63) is 48.3 Å². The normalized spacial score (nSPS) is 16.0. The fourth-order valence-corrected chi connectivity index (χ4v) is 3.78. The van der Waals surface area contributed by atoms with Gasteiger partial charge in [0.05, 0.1) is 5.69 Å². The molecule has 0 unspecified atom stereocenters. The molecule has 3 rings (SSSR count). The van der Waals surface area contributed by atoms with E-state index in [1.807, 2.05) is 24.0 Å². The molecule has 0 aliphatic carbocycles. The molecule has 1 aromatic heterocycles. The SMILES string of the molecule is CCN1CCN(CCCCNC(=NC)NCCc2ccc(-n3cccn3)cc2)CC1. The number of guanidine groups is 1. The van der Waals surface area contributed by atoms with Crippen LogP contribution in [0.2, 0.25) is 0 Å². The van der Waals surface area contributed by atoms with Crippen LogP contribution < -0.4 is 10.6 Å². The van der Waals surface area contributed by atoms with E-state index in [1.165, 1.54) is 57.7 Å². The van der Waals surface area contributed by atoms with Gasteiger partial charge in [-0.3, -0.25) is 4.99 Å². The molecule has 1 aromatic carbocycles. The van der Waals surface area contributed by atoms with Crippen molar-refractivity contribution < 1.29 is 0 Å². The summed E-state index contributed by atoms with van der Waals surface area (Å²) < 4.78 is 1.87. The monoisotopic (exact) mass is 411 g/mol. The molecule has 1 aliphatic rings. The van der Waals surface area contributed by atoms with Gasteiger partial charge in [-0.1, -0.05) is 19.1 Å². The van der Waals surface area contributed by atoms with Crippen LogP contribution in [0.15, 0.2) is 47.7 Å². The van der Waals surface area contributed by atoms with Crippen LogP contribution in [0.3, 0.4) is 0 Å². The maximum Gasteiger partial charge on any atom is 0.190 e. The molecular weight excluding hydrogens is 374 g/mol. The lowest BCUT2D eigenvalue weighted by Gasteiger charge is -2.34. The average molecular weight is 412 g/mol. The molecule has 0 atom stereocenters. The largest absolute Gasteiger partial charge is 0.356 e. The van der Waals surface area contributed by atoms with Crippen molar-refractivity contribution in [3.8, 4) is 5.69 Å². The number of hydrogen-bond acceptors (Lipinski definition) is 4. The van der Waals surface area contributed by atoms with Gasteiger partial charge in [0.15, 0.2) is 5.96 Å². The molecule has 2 N–H and O–H groups in total. The highest BCUT2D eigenvalue weighted by molar-refractivity contribution is 5.79. The number of piperazine rings is 1. The Labute approximate surface area is 181 Å². The number of benzene rings is 1. The molecule has 2 aromatic rings. The molecule has 1 fully saturated rings. The summed E-state index contributed by atoms with van der Waals surface area (Å²) in [4.78, 5) is 9.46. The summed E-state index contributed by atoms with van der Waals surface area (Å²) in [6.07, 6.45) is 7.12. The molecule has 0 spiro atoms. The Morgan fingerprint density at radius 1 is 1.00 bits per heavy atom. The van der Waals surface area contributed by atoms with Crippen LogP contribution in [0.1, 0.15) is 25.3 Å². The second-order valence-corrected chi connectivity index (χ2v) is 7.78. The van der Waals surface area contributed by atoms with Crippen LogP contribution in [-0.4, -0.2) is 84.9 Å². The Morgan fingerprint density at radius 3 is 2.40 bits per heavy atom. The third-order valence-corrected chi connectivity index (χ3v) is 5.74. The van der Waals surface area contributed by atoms with E-state index < -0.39 is 0 Å². The van der Waals surface area contributed by atoms with Crippen LogP contribution >= 0.6 is 0 Å². The van der Waals surface area contributed by atoms with Crippen molar-refractivity contribution in [2.75, 3.05) is 59.4 Å². The molecule has 30 heavy (non-hydrogen) atoms. The summed E-state index contributed by atoms with van der Waals surface area (Å²) in [6, 6.07) is 10.5. The summed E-state index contributed by atoms with van der Waals surface area (Å²) in [5.74, 6) is 0.889. The smallest absolute Gasteiger partial charge is 0.190 e. The molecule has 1 saturated heterocycles. The van der Waals surface area contributed by atoms with Gasteiger partial charge in [0.2, 0.25) is 0 Å². The average Bonchev–Trinajstić information content (AvgIpc) is 3.33. The number of likely N-dealkylation sites (N-methyl/N-ethyl adjacent to an activating group) is 1. The maximum atomic E-state index is 4.34. The first kappa shape index (κ1) is 22.3. The van der Waals surface area contributed by atoms with E-state index in [0.717, 1.165) is 31.2 Å². The van der Waals surface area contributed by atoms with Crippen LogP contribution in [0.5, 0.6) is 0 Å². The Balaban J connectivity index is 1.26. The van der Waals surface area contributed by atoms with Crippen molar-refractivity contribution in [2.45, 2.75) is 26.2 Å². The lowest BCUT2D eigenvalue weighted by Crippen LogP contribution is -2.46. The molecule has 0 bridgehead atoms. The number of rotatable bonds is 10. The number of hydrogen-bond donors (Lipinski definition) is 2. The molecule has 0 radical (unpaired) electrons. The molecule has 0 saturated carbocycles. The zero-order chi connectivity index (χ0) is 21.0. The van der Waals surface area contributed by atoms with E-state index in [9.17, 15) is 0 Å². The zero-order valence-electron chi connectivity index (χ0n) is 18.6. The Bertz CT molecular complexity index is 731. The van der Waals surface area contributed by atoms with Gasteiger partial charge in [0.1, 0.15) is 0 Å². The first-order valence-electron chi connectivity index (χ1n) is 11.3. The Hall–Kier alpha value is -2.38. The summed E-state index contributed by atoms with van der Waals surface area (Å²) in [7, 11) is 1.83. The van der Waals surface area contributed by atoms with Gasteiger partial charge in [-0.2, -0.15) is 5.10 Å². The van der Waals surface area contributed by atoms with Crippen LogP contribution in [-0.2, 0) is 6.42 Å². The fraction of sp³-hybridized carbons (Fsp3) is 0.565. The van der Waals surface area contributed by atoms with E-state index in [1.54, 1.807) is 6.20 Å². The highest BCUT2D eigenvalue weighted by Gasteiger charge is 2.14. The number of nitrogens with zero attached hydrogens (tertiary/aromatic N) is 5. The number of aliphatic imine (C=N–C) groups is 1. The molecule has 7 nitrogen and oxygen atoms in total. The van der Waals surface area contributed by atoms with Gasteiger partial charge >= 0.3 is 0 Å². The second-order valence-electron chi connectivity index (χ2n) is 7.78. The molecule has 2 heterocycles.